The lowest BCUT2D eigenvalue weighted by atomic mass is 9.75. The summed E-state index contributed by atoms with van der Waals surface area (Å²) in [5.41, 5.74) is 2.42. The Kier molecular flexibility index (Phi) is 3.55. The summed E-state index contributed by atoms with van der Waals surface area (Å²) in [6.07, 6.45) is 2.86. The Morgan fingerprint density at radius 1 is 1.29 bits per heavy atom. The third-order valence-corrected chi connectivity index (χ3v) is 4.58. The average molecular weight is 328 g/mol. The topological polar surface area (TPSA) is 25.2 Å². The van der Waals surface area contributed by atoms with Crippen LogP contribution >= 0.6 is 23.2 Å². The van der Waals surface area contributed by atoms with Crippen molar-refractivity contribution < 1.29 is 9.50 Å². The highest BCUT2D eigenvalue weighted by Gasteiger charge is 2.34. The number of aliphatic hydroxyl groups excluding tert-OH is 1. The van der Waals surface area contributed by atoms with Crippen LogP contribution in [0.4, 0.5) is 4.39 Å². The third-order valence-electron chi connectivity index (χ3n) is 4.00. The SMILES string of the molecule is CC1(C)Cc2c(ccn2-c2c(Cl)cc(F)cc2Cl)C(O)C1. The molecule has 1 unspecified atom stereocenters. The summed E-state index contributed by atoms with van der Waals surface area (Å²) in [5.74, 6) is -0.463. The number of halogens is 3. The van der Waals surface area contributed by atoms with Gasteiger partial charge in [-0.05, 0) is 36.5 Å². The lowest BCUT2D eigenvalue weighted by molar-refractivity contribution is 0.0987. The van der Waals surface area contributed by atoms with Gasteiger partial charge in [0.25, 0.3) is 0 Å². The van der Waals surface area contributed by atoms with Gasteiger partial charge in [-0.3, -0.25) is 0 Å². The Bertz CT molecular complexity index is 685. The van der Waals surface area contributed by atoms with E-state index >= 15 is 0 Å². The van der Waals surface area contributed by atoms with Gasteiger partial charge in [-0.2, -0.15) is 0 Å². The van der Waals surface area contributed by atoms with Gasteiger partial charge in [0.2, 0.25) is 0 Å². The van der Waals surface area contributed by atoms with Crippen LogP contribution in [0.1, 0.15) is 37.6 Å². The summed E-state index contributed by atoms with van der Waals surface area (Å²) in [4.78, 5) is 0. The van der Waals surface area contributed by atoms with Gasteiger partial charge in [0.15, 0.2) is 0 Å². The molecule has 1 N–H and O–H groups in total. The van der Waals surface area contributed by atoms with Gasteiger partial charge in [-0.15, -0.1) is 0 Å². The quantitative estimate of drug-likeness (QED) is 0.789. The summed E-state index contributed by atoms with van der Waals surface area (Å²) in [7, 11) is 0. The normalized spacial score (nSPS) is 20.4. The number of benzene rings is 1. The van der Waals surface area contributed by atoms with E-state index < -0.39 is 11.9 Å². The number of aromatic nitrogens is 1. The van der Waals surface area contributed by atoms with Gasteiger partial charge in [0, 0.05) is 17.5 Å². The molecule has 0 aliphatic heterocycles. The summed E-state index contributed by atoms with van der Waals surface area (Å²) < 4.78 is 15.2. The van der Waals surface area contributed by atoms with Crippen LogP contribution in [0.3, 0.4) is 0 Å². The third kappa shape index (κ3) is 2.59. The Balaban J connectivity index is 2.19. The van der Waals surface area contributed by atoms with Crippen molar-refractivity contribution >= 4 is 23.2 Å². The molecule has 1 atom stereocenters. The average Bonchev–Trinajstić information content (AvgIpc) is 2.70. The van der Waals surface area contributed by atoms with E-state index in [1.807, 2.05) is 16.8 Å². The van der Waals surface area contributed by atoms with Crippen molar-refractivity contribution in [2.24, 2.45) is 5.41 Å². The molecule has 1 aromatic heterocycles. The molecule has 21 heavy (non-hydrogen) atoms. The van der Waals surface area contributed by atoms with Crippen molar-refractivity contribution in [2.75, 3.05) is 0 Å². The molecule has 2 aromatic rings. The highest BCUT2D eigenvalue weighted by Crippen LogP contribution is 2.43. The molecule has 0 saturated heterocycles. The van der Waals surface area contributed by atoms with E-state index in [2.05, 4.69) is 13.8 Å². The van der Waals surface area contributed by atoms with E-state index in [9.17, 15) is 9.50 Å². The molecule has 0 amide bonds. The second kappa shape index (κ2) is 5.01. The first-order valence-electron chi connectivity index (χ1n) is 6.81. The van der Waals surface area contributed by atoms with Crippen LogP contribution in [-0.4, -0.2) is 9.67 Å². The Labute approximate surface area is 133 Å². The molecule has 0 saturated carbocycles. The zero-order chi connectivity index (χ0) is 15.4. The first-order chi connectivity index (χ1) is 9.78. The van der Waals surface area contributed by atoms with Crippen molar-refractivity contribution in [3.05, 3.63) is 51.5 Å². The summed E-state index contributed by atoms with van der Waals surface area (Å²) in [6.45, 7) is 4.23. The fourth-order valence-corrected chi connectivity index (χ4v) is 3.75. The fraction of sp³-hybridized carbons (Fsp3) is 0.375. The van der Waals surface area contributed by atoms with Crippen molar-refractivity contribution in [1.82, 2.24) is 4.57 Å². The van der Waals surface area contributed by atoms with Crippen LogP contribution in [-0.2, 0) is 6.42 Å². The van der Waals surface area contributed by atoms with Crippen LogP contribution in [0.15, 0.2) is 24.4 Å². The molecule has 0 radical (unpaired) electrons. The number of rotatable bonds is 1. The first kappa shape index (κ1) is 14.9. The molecule has 1 aromatic carbocycles. The molecule has 1 heterocycles. The molecular weight excluding hydrogens is 312 g/mol. The molecule has 0 bridgehead atoms. The maximum atomic E-state index is 13.4. The Morgan fingerprint density at radius 2 is 1.90 bits per heavy atom. The van der Waals surface area contributed by atoms with Crippen LogP contribution in [0.2, 0.25) is 10.0 Å². The first-order valence-corrected chi connectivity index (χ1v) is 7.57. The Hall–Kier alpha value is -1.03. The minimum atomic E-state index is -0.497. The van der Waals surface area contributed by atoms with Gasteiger partial charge in [0.1, 0.15) is 5.82 Å². The number of hydrogen-bond donors (Lipinski definition) is 1. The summed E-state index contributed by atoms with van der Waals surface area (Å²) in [5, 5.41) is 10.8. The van der Waals surface area contributed by atoms with Crippen molar-refractivity contribution in [1.29, 1.82) is 0 Å². The van der Waals surface area contributed by atoms with Crippen LogP contribution in [0.25, 0.3) is 5.69 Å². The van der Waals surface area contributed by atoms with Gasteiger partial charge in [-0.1, -0.05) is 37.0 Å². The van der Waals surface area contributed by atoms with E-state index in [1.54, 1.807) is 0 Å². The fourth-order valence-electron chi connectivity index (χ4n) is 3.10. The monoisotopic (exact) mass is 327 g/mol. The summed E-state index contributed by atoms with van der Waals surface area (Å²) in [6, 6.07) is 4.38. The number of aliphatic hydroxyl groups is 1. The van der Waals surface area contributed by atoms with Crippen molar-refractivity contribution in [3.63, 3.8) is 0 Å². The van der Waals surface area contributed by atoms with E-state index in [0.29, 0.717) is 5.69 Å². The highest BCUT2D eigenvalue weighted by molar-refractivity contribution is 6.37. The van der Waals surface area contributed by atoms with E-state index in [-0.39, 0.29) is 15.5 Å². The minimum Gasteiger partial charge on any atom is -0.388 e. The largest absolute Gasteiger partial charge is 0.388 e. The van der Waals surface area contributed by atoms with Crippen molar-refractivity contribution in [2.45, 2.75) is 32.8 Å². The second-order valence-electron chi connectivity index (χ2n) is 6.37. The lowest BCUT2D eigenvalue weighted by Crippen LogP contribution is -2.26. The van der Waals surface area contributed by atoms with E-state index in [0.717, 1.165) is 24.1 Å². The van der Waals surface area contributed by atoms with Crippen molar-refractivity contribution in [3.8, 4) is 5.69 Å². The van der Waals surface area contributed by atoms with Crippen LogP contribution < -0.4 is 0 Å². The predicted octanol–water partition coefficient (Wildman–Crippen LogP) is 4.93. The molecule has 3 rings (SSSR count). The van der Waals surface area contributed by atoms with Gasteiger partial charge >= 0.3 is 0 Å². The van der Waals surface area contributed by atoms with Gasteiger partial charge < -0.3 is 9.67 Å². The molecule has 112 valence electrons. The number of fused-ring (bicyclic) bond motifs is 1. The molecule has 1 aliphatic rings. The number of nitrogens with zero attached hydrogens (tertiary/aromatic N) is 1. The zero-order valence-corrected chi connectivity index (χ0v) is 13.3. The maximum absolute atomic E-state index is 13.4. The zero-order valence-electron chi connectivity index (χ0n) is 11.8. The maximum Gasteiger partial charge on any atom is 0.126 e. The van der Waals surface area contributed by atoms with E-state index in [1.165, 1.54) is 12.1 Å². The highest BCUT2D eigenvalue weighted by atomic mass is 35.5. The molecule has 5 heteroatoms. The van der Waals surface area contributed by atoms with Crippen LogP contribution in [0, 0.1) is 11.2 Å². The number of hydrogen-bond acceptors (Lipinski definition) is 1. The molecule has 0 fully saturated rings. The smallest absolute Gasteiger partial charge is 0.126 e. The van der Waals surface area contributed by atoms with E-state index in [4.69, 9.17) is 23.2 Å². The Morgan fingerprint density at radius 3 is 2.52 bits per heavy atom. The molecular formula is C16H16Cl2FNO. The van der Waals surface area contributed by atoms with Crippen LogP contribution in [0.5, 0.6) is 0 Å². The minimum absolute atomic E-state index is 0.0124. The van der Waals surface area contributed by atoms with Gasteiger partial charge in [-0.25, -0.2) is 4.39 Å². The lowest BCUT2D eigenvalue weighted by Gasteiger charge is -2.34. The molecule has 0 spiro atoms. The predicted molar refractivity (Wildman–Crippen MR) is 82.8 cm³/mol. The summed E-state index contributed by atoms with van der Waals surface area (Å²) >= 11 is 12.3. The molecule has 2 nitrogen and oxygen atoms in total. The molecule has 1 aliphatic carbocycles. The standard InChI is InChI=1S/C16H16Cl2FNO/c1-16(2)7-13-10(14(21)8-16)3-4-20(13)15-11(17)5-9(19)6-12(15)18/h3-6,14,21H,7-8H2,1-2H3. The van der Waals surface area contributed by atoms with Gasteiger partial charge in [0.05, 0.1) is 21.8 Å². The second-order valence-corrected chi connectivity index (χ2v) is 7.18.